The van der Waals surface area contributed by atoms with Gasteiger partial charge >= 0.3 is 0 Å². The Morgan fingerprint density at radius 2 is 2.20 bits per heavy atom. The minimum absolute atomic E-state index is 0.361. The van der Waals surface area contributed by atoms with Crippen LogP contribution in [0.15, 0.2) is 0 Å². The van der Waals surface area contributed by atoms with Gasteiger partial charge in [0.05, 0.1) is 13.1 Å². The molecule has 1 unspecified atom stereocenters. The molecule has 62 valence electrons. The van der Waals surface area contributed by atoms with Crippen molar-refractivity contribution in [1.82, 2.24) is 0 Å². The molecule has 0 rings (SSSR count). The SMILES string of the molecule is NCOCPCCCCS. The van der Waals surface area contributed by atoms with Gasteiger partial charge in [-0.15, -0.1) is 0 Å². The third-order valence-electron chi connectivity index (χ3n) is 1.08. The van der Waals surface area contributed by atoms with Crippen molar-refractivity contribution >= 4 is 21.2 Å². The van der Waals surface area contributed by atoms with Crippen LogP contribution < -0.4 is 5.73 Å². The Balaban J connectivity index is 2.65. The van der Waals surface area contributed by atoms with Crippen molar-refractivity contribution in [3.05, 3.63) is 0 Å². The van der Waals surface area contributed by atoms with Gasteiger partial charge < -0.3 is 10.5 Å². The van der Waals surface area contributed by atoms with Crippen LogP contribution in [-0.4, -0.2) is 25.0 Å². The van der Waals surface area contributed by atoms with Crippen molar-refractivity contribution in [1.29, 1.82) is 0 Å². The normalized spacial score (nSPS) is 11.4. The molecule has 0 aliphatic heterocycles. The molecule has 2 N–H and O–H groups in total. The Morgan fingerprint density at radius 3 is 2.80 bits per heavy atom. The Labute approximate surface area is 70.1 Å². The Hall–Kier alpha value is 0.700. The highest BCUT2D eigenvalue weighted by atomic mass is 32.1. The van der Waals surface area contributed by atoms with E-state index in [-0.39, 0.29) is 0 Å². The summed E-state index contributed by atoms with van der Waals surface area (Å²) in [4.78, 5) is 0. The fraction of sp³-hybridized carbons (Fsp3) is 1.00. The van der Waals surface area contributed by atoms with Crippen LogP contribution in [0.25, 0.3) is 0 Å². The number of hydrogen-bond donors (Lipinski definition) is 2. The summed E-state index contributed by atoms with van der Waals surface area (Å²) < 4.78 is 4.98. The minimum atomic E-state index is 0.361. The number of unbranched alkanes of at least 4 members (excludes halogenated alkanes) is 1. The molecule has 10 heavy (non-hydrogen) atoms. The van der Waals surface area contributed by atoms with Crippen LogP contribution in [0.2, 0.25) is 0 Å². The first-order valence-electron chi connectivity index (χ1n) is 3.51. The van der Waals surface area contributed by atoms with Crippen LogP contribution in [0.4, 0.5) is 0 Å². The number of rotatable bonds is 7. The summed E-state index contributed by atoms with van der Waals surface area (Å²) in [5.74, 6) is 1.00. The van der Waals surface area contributed by atoms with Gasteiger partial charge in [-0.25, -0.2) is 0 Å². The smallest absolute Gasteiger partial charge is 0.0944 e. The summed E-state index contributed by atoms with van der Waals surface area (Å²) in [5.41, 5.74) is 5.14. The molecule has 0 aromatic carbocycles. The van der Waals surface area contributed by atoms with Gasteiger partial charge in [-0.2, -0.15) is 12.6 Å². The van der Waals surface area contributed by atoms with Crippen molar-refractivity contribution in [3.63, 3.8) is 0 Å². The van der Waals surface area contributed by atoms with Crippen molar-refractivity contribution in [2.24, 2.45) is 5.73 Å². The Morgan fingerprint density at radius 1 is 1.40 bits per heavy atom. The van der Waals surface area contributed by atoms with Crippen LogP contribution in [0.1, 0.15) is 12.8 Å². The maximum Gasteiger partial charge on any atom is 0.0944 e. The van der Waals surface area contributed by atoms with Gasteiger partial charge in [0.2, 0.25) is 0 Å². The van der Waals surface area contributed by atoms with E-state index in [0.717, 1.165) is 20.7 Å². The molecule has 0 radical (unpaired) electrons. The van der Waals surface area contributed by atoms with Crippen LogP contribution in [0, 0.1) is 0 Å². The molecule has 0 aromatic heterocycles. The van der Waals surface area contributed by atoms with E-state index in [0.29, 0.717) is 6.73 Å². The molecule has 0 saturated heterocycles. The quantitative estimate of drug-likeness (QED) is 0.268. The van der Waals surface area contributed by atoms with Gasteiger partial charge in [0.1, 0.15) is 0 Å². The molecule has 0 saturated carbocycles. The van der Waals surface area contributed by atoms with Gasteiger partial charge in [0.15, 0.2) is 0 Å². The van der Waals surface area contributed by atoms with E-state index in [2.05, 4.69) is 12.6 Å². The molecule has 0 spiro atoms. The first kappa shape index (κ1) is 10.7. The number of ether oxygens (including phenoxy) is 1. The lowest BCUT2D eigenvalue weighted by molar-refractivity contribution is 0.189. The lowest BCUT2D eigenvalue weighted by atomic mass is 10.4. The average Bonchev–Trinajstić information content (AvgIpc) is 1.97. The highest BCUT2D eigenvalue weighted by molar-refractivity contribution is 7.80. The second-order valence-corrected chi connectivity index (χ2v) is 3.68. The predicted octanol–water partition coefficient (Wildman–Crippen LogP) is 1.27. The van der Waals surface area contributed by atoms with Crippen LogP contribution in [0.3, 0.4) is 0 Å². The summed E-state index contributed by atoms with van der Waals surface area (Å²) in [5, 5.41) is 0. The molecule has 0 aliphatic rings. The third kappa shape index (κ3) is 8.70. The van der Waals surface area contributed by atoms with Gasteiger partial charge in [0, 0.05) is 0 Å². The third-order valence-corrected chi connectivity index (χ3v) is 2.52. The zero-order valence-electron chi connectivity index (χ0n) is 6.18. The molecule has 0 aromatic rings. The predicted molar refractivity (Wildman–Crippen MR) is 51.3 cm³/mol. The fourth-order valence-corrected chi connectivity index (χ4v) is 1.70. The first-order chi connectivity index (χ1) is 4.91. The molecule has 2 nitrogen and oxygen atoms in total. The summed E-state index contributed by atoms with van der Waals surface area (Å²) in [6, 6.07) is 0. The lowest BCUT2D eigenvalue weighted by Crippen LogP contribution is -2.03. The maximum absolute atomic E-state index is 5.14. The fourth-order valence-electron chi connectivity index (χ4n) is 0.565. The average molecular weight is 181 g/mol. The highest BCUT2D eigenvalue weighted by Crippen LogP contribution is 2.11. The van der Waals surface area contributed by atoms with Gasteiger partial charge in [-0.1, -0.05) is 8.58 Å². The second-order valence-electron chi connectivity index (χ2n) is 1.95. The topological polar surface area (TPSA) is 35.2 Å². The molecule has 0 heterocycles. The van der Waals surface area contributed by atoms with E-state index >= 15 is 0 Å². The van der Waals surface area contributed by atoms with Crippen molar-refractivity contribution in [3.8, 4) is 0 Å². The summed E-state index contributed by atoms with van der Waals surface area (Å²) in [6.45, 7) is 0.361. The molecule has 1 atom stereocenters. The van der Waals surface area contributed by atoms with Crippen molar-refractivity contribution in [2.75, 3.05) is 25.0 Å². The van der Waals surface area contributed by atoms with Crippen LogP contribution >= 0.6 is 21.2 Å². The summed E-state index contributed by atoms with van der Waals surface area (Å²) >= 11 is 4.12. The van der Waals surface area contributed by atoms with Gasteiger partial charge in [-0.3, -0.25) is 0 Å². The molecule has 0 aliphatic carbocycles. The first-order valence-corrected chi connectivity index (χ1v) is 5.56. The van der Waals surface area contributed by atoms with Crippen molar-refractivity contribution in [2.45, 2.75) is 12.8 Å². The Kier molecular flexibility index (Phi) is 10.4. The van der Waals surface area contributed by atoms with Crippen LogP contribution in [-0.2, 0) is 4.74 Å². The van der Waals surface area contributed by atoms with Crippen LogP contribution in [0.5, 0.6) is 0 Å². The highest BCUT2D eigenvalue weighted by Gasteiger charge is 1.87. The molecule has 0 fully saturated rings. The van der Waals surface area contributed by atoms with Gasteiger partial charge in [0.25, 0.3) is 0 Å². The monoisotopic (exact) mass is 181 g/mol. The minimum Gasteiger partial charge on any atom is -0.362 e. The maximum atomic E-state index is 5.14. The van der Waals surface area contributed by atoms with E-state index in [4.69, 9.17) is 10.5 Å². The molecule has 0 bridgehead atoms. The molecular formula is C6H16NOPS. The number of nitrogens with two attached hydrogens (primary N) is 1. The zero-order valence-corrected chi connectivity index (χ0v) is 8.07. The van der Waals surface area contributed by atoms with Gasteiger partial charge in [-0.05, 0) is 24.8 Å². The van der Waals surface area contributed by atoms with E-state index in [1.807, 2.05) is 0 Å². The standard InChI is InChI=1S/C6H16NOPS/c7-5-8-6-9-3-1-2-4-10/h9-10H,1-7H2. The van der Waals surface area contributed by atoms with E-state index in [1.165, 1.54) is 19.0 Å². The summed E-state index contributed by atoms with van der Waals surface area (Å²) in [7, 11) is 0.913. The molecule has 0 amide bonds. The zero-order chi connectivity index (χ0) is 7.66. The second kappa shape index (κ2) is 9.70. The van der Waals surface area contributed by atoms with E-state index < -0.39 is 0 Å². The Bertz CT molecular complexity index is 57.7. The van der Waals surface area contributed by atoms with Crippen molar-refractivity contribution < 1.29 is 4.74 Å². The summed E-state index contributed by atoms with van der Waals surface area (Å²) in [6.07, 6.45) is 4.60. The molecule has 4 heteroatoms. The lowest BCUT2D eigenvalue weighted by Gasteiger charge is -1.99. The van der Waals surface area contributed by atoms with E-state index in [9.17, 15) is 0 Å². The number of thiol groups is 1. The number of hydrogen-bond acceptors (Lipinski definition) is 3. The molecular weight excluding hydrogens is 165 g/mol. The van der Waals surface area contributed by atoms with E-state index in [1.54, 1.807) is 0 Å². The largest absolute Gasteiger partial charge is 0.362 e.